The molecule has 0 aliphatic carbocycles. The fraction of sp³-hybridized carbons (Fsp3) is 0.238. The van der Waals surface area contributed by atoms with Gasteiger partial charge in [-0.2, -0.15) is 0 Å². The zero-order chi connectivity index (χ0) is 18.0. The van der Waals surface area contributed by atoms with Gasteiger partial charge in [0.05, 0.1) is 10.6 Å². The molecule has 0 bridgehead atoms. The van der Waals surface area contributed by atoms with Crippen LogP contribution in [0.5, 0.6) is 0 Å². The summed E-state index contributed by atoms with van der Waals surface area (Å²) in [5.41, 5.74) is 3.86. The Kier molecular flexibility index (Phi) is 5.09. The van der Waals surface area contributed by atoms with Crippen molar-refractivity contribution in [2.45, 2.75) is 33.1 Å². The summed E-state index contributed by atoms with van der Waals surface area (Å²) in [6.07, 6.45) is 2.57. The summed E-state index contributed by atoms with van der Waals surface area (Å²) >= 11 is 1.000. The van der Waals surface area contributed by atoms with E-state index >= 15 is 0 Å². The van der Waals surface area contributed by atoms with E-state index in [1.807, 2.05) is 43.3 Å². The molecule has 1 aliphatic rings. The van der Waals surface area contributed by atoms with Crippen molar-refractivity contribution in [2.24, 2.45) is 0 Å². The molecule has 4 heteroatoms. The van der Waals surface area contributed by atoms with E-state index in [0.717, 1.165) is 29.3 Å². The first-order chi connectivity index (χ1) is 12.0. The van der Waals surface area contributed by atoms with Crippen molar-refractivity contribution in [3.05, 3.63) is 70.1 Å². The second-order valence-corrected chi connectivity index (χ2v) is 7.31. The van der Waals surface area contributed by atoms with Gasteiger partial charge in [-0.05, 0) is 52.9 Å². The van der Waals surface area contributed by atoms with Crippen molar-refractivity contribution in [3.8, 4) is 0 Å². The highest BCUT2D eigenvalue weighted by Crippen LogP contribution is 2.37. The Morgan fingerprint density at radius 2 is 1.72 bits per heavy atom. The average molecular weight is 351 g/mol. The number of benzene rings is 2. The van der Waals surface area contributed by atoms with Crippen LogP contribution in [0.3, 0.4) is 0 Å². The number of imide groups is 1. The van der Waals surface area contributed by atoms with Gasteiger partial charge in [0.25, 0.3) is 11.1 Å². The third-order valence-electron chi connectivity index (χ3n) is 4.31. The monoisotopic (exact) mass is 351 g/mol. The SMILES string of the molecule is CCc1ccccc1N1C(=O)S/C(=C\c2ccc(C(C)C)cc2)C1=O. The van der Waals surface area contributed by atoms with Crippen LogP contribution in [0.4, 0.5) is 10.5 Å². The van der Waals surface area contributed by atoms with E-state index < -0.39 is 0 Å². The molecular formula is C21H21NO2S. The Bertz CT molecular complexity index is 837. The molecule has 25 heavy (non-hydrogen) atoms. The highest BCUT2D eigenvalue weighted by atomic mass is 32.2. The maximum absolute atomic E-state index is 12.8. The Morgan fingerprint density at radius 3 is 2.36 bits per heavy atom. The Labute approximate surface area is 152 Å². The second kappa shape index (κ2) is 7.28. The fourth-order valence-corrected chi connectivity index (χ4v) is 3.67. The van der Waals surface area contributed by atoms with Crippen molar-refractivity contribution < 1.29 is 9.59 Å². The number of thioether (sulfide) groups is 1. The summed E-state index contributed by atoms with van der Waals surface area (Å²) in [4.78, 5) is 27.0. The lowest BCUT2D eigenvalue weighted by Crippen LogP contribution is -2.28. The van der Waals surface area contributed by atoms with E-state index in [1.54, 1.807) is 6.08 Å². The number of para-hydroxylation sites is 1. The molecule has 1 aliphatic heterocycles. The topological polar surface area (TPSA) is 37.4 Å². The minimum Gasteiger partial charge on any atom is -0.268 e. The van der Waals surface area contributed by atoms with Gasteiger partial charge in [0.2, 0.25) is 0 Å². The molecule has 0 N–H and O–H groups in total. The van der Waals surface area contributed by atoms with Crippen LogP contribution in [0.15, 0.2) is 53.4 Å². The first-order valence-corrected chi connectivity index (χ1v) is 9.28. The van der Waals surface area contributed by atoms with Gasteiger partial charge in [-0.3, -0.25) is 9.59 Å². The number of amides is 2. The third kappa shape index (κ3) is 3.54. The normalized spacial score (nSPS) is 16.3. The number of hydrogen-bond acceptors (Lipinski definition) is 3. The van der Waals surface area contributed by atoms with Crippen LogP contribution in [-0.2, 0) is 11.2 Å². The Hall–Kier alpha value is -2.33. The van der Waals surface area contributed by atoms with Crippen molar-refractivity contribution >= 4 is 34.7 Å². The summed E-state index contributed by atoms with van der Waals surface area (Å²) < 4.78 is 0. The molecule has 1 saturated heterocycles. The van der Waals surface area contributed by atoms with E-state index in [-0.39, 0.29) is 11.1 Å². The molecule has 0 radical (unpaired) electrons. The fourth-order valence-electron chi connectivity index (χ4n) is 2.83. The number of anilines is 1. The number of aryl methyl sites for hydroxylation is 1. The van der Waals surface area contributed by atoms with Crippen molar-refractivity contribution in [1.29, 1.82) is 0 Å². The Balaban J connectivity index is 1.90. The predicted octanol–water partition coefficient (Wildman–Crippen LogP) is 5.61. The highest BCUT2D eigenvalue weighted by Gasteiger charge is 2.37. The van der Waals surface area contributed by atoms with Crippen molar-refractivity contribution in [3.63, 3.8) is 0 Å². The van der Waals surface area contributed by atoms with Gasteiger partial charge >= 0.3 is 0 Å². The zero-order valence-electron chi connectivity index (χ0n) is 14.7. The molecule has 3 nitrogen and oxygen atoms in total. The number of hydrogen-bond donors (Lipinski definition) is 0. The van der Waals surface area contributed by atoms with Crippen LogP contribution in [0.25, 0.3) is 6.08 Å². The van der Waals surface area contributed by atoms with Crippen LogP contribution < -0.4 is 4.90 Å². The number of rotatable bonds is 4. The summed E-state index contributed by atoms with van der Waals surface area (Å²) in [5.74, 6) is 0.218. The van der Waals surface area contributed by atoms with Crippen LogP contribution in [0.1, 0.15) is 43.4 Å². The molecule has 0 spiro atoms. The van der Waals surface area contributed by atoms with Crippen LogP contribution in [0.2, 0.25) is 0 Å². The first-order valence-electron chi connectivity index (χ1n) is 8.47. The molecule has 3 rings (SSSR count). The molecule has 1 fully saturated rings. The maximum atomic E-state index is 12.8. The van der Waals surface area contributed by atoms with Crippen LogP contribution in [0, 0.1) is 0 Å². The van der Waals surface area contributed by atoms with Crippen molar-refractivity contribution in [2.75, 3.05) is 4.90 Å². The van der Waals surface area contributed by atoms with E-state index in [2.05, 4.69) is 26.0 Å². The second-order valence-electron chi connectivity index (χ2n) is 6.32. The predicted molar refractivity (Wildman–Crippen MR) is 105 cm³/mol. The van der Waals surface area contributed by atoms with Gasteiger partial charge < -0.3 is 0 Å². The number of carbonyl (C=O) groups excluding carboxylic acids is 2. The smallest absolute Gasteiger partial charge is 0.268 e. The Morgan fingerprint density at radius 1 is 1.04 bits per heavy atom. The highest BCUT2D eigenvalue weighted by molar-refractivity contribution is 8.19. The quantitative estimate of drug-likeness (QED) is 0.672. The maximum Gasteiger partial charge on any atom is 0.298 e. The number of carbonyl (C=O) groups is 2. The van der Waals surface area contributed by atoms with Gasteiger partial charge in [0, 0.05) is 0 Å². The van der Waals surface area contributed by atoms with E-state index in [1.165, 1.54) is 10.5 Å². The van der Waals surface area contributed by atoms with Gasteiger partial charge in [-0.1, -0.05) is 63.2 Å². The third-order valence-corrected chi connectivity index (χ3v) is 5.18. The lowest BCUT2D eigenvalue weighted by atomic mass is 10.0. The molecule has 128 valence electrons. The molecule has 2 aromatic carbocycles. The van der Waals surface area contributed by atoms with E-state index in [0.29, 0.717) is 16.5 Å². The lowest BCUT2D eigenvalue weighted by Gasteiger charge is -2.16. The molecule has 0 atom stereocenters. The van der Waals surface area contributed by atoms with Gasteiger partial charge in [-0.15, -0.1) is 0 Å². The number of nitrogens with zero attached hydrogens (tertiary/aromatic N) is 1. The van der Waals surface area contributed by atoms with Crippen molar-refractivity contribution in [1.82, 2.24) is 0 Å². The molecule has 0 saturated carbocycles. The molecule has 0 unspecified atom stereocenters. The van der Waals surface area contributed by atoms with E-state index in [4.69, 9.17) is 0 Å². The molecule has 2 aromatic rings. The largest absolute Gasteiger partial charge is 0.298 e. The first kappa shape index (κ1) is 17.5. The zero-order valence-corrected chi connectivity index (χ0v) is 15.5. The summed E-state index contributed by atoms with van der Waals surface area (Å²) in [6, 6.07) is 15.7. The molecule has 2 amide bonds. The van der Waals surface area contributed by atoms with Gasteiger partial charge in [0.1, 0.15) is 0 Å². The minimum absolute atomic E-state index is 0.240. The summed E-state index contributed by atoms with van der Waals surface area (Å²) in [7, 11) is 0. The summed E-state index contributed by atoms with van der Waals surface area (Å²) in [5, 5.41) is -0.240. The molecule has 0 aromatic heterocycles. The van der Waals surface area contributed by atoms with E-state index in [9.17, 15) is 9.59 Å². The minimum atomic E-state index is -0.246. The molecular weight excluding hydrogens is 330 g/mol. The van der Waals surface area contributed by atoms with Crippen LogP contribution in [-0.4, -0.2) is 11.1 Å². The average Bonchev–Trinajstić information content (AvgIpc) is 2.89. The standard InChI is InChI=1S/C21H21NO2S/c1-4-16-7-5-6-8-18(16)22-20(23)19(25-21(22)24)13-15-9-11-17(12-10-15)14(2)3/h5-14H,4H2,1-3H3/b19-13-. The molecule has 1 heterocycles. The van der Waals surface area contributed by atoms with Gasteiger partial charge in [-0.25, -0.2) is 4.90 Å². The van der Waals surface area contributed by atoms with Gasteiger partial charge in [0.15, 0.2) is 0 Å². The lowest BCUT2D eigenvalue weighted by molar-refractivity contribution is -0.113. The summed E-state index contributed by atoms with van der Waals surface area (Å²) in [6.45, 7) is 6.31. The van der Waals surface area contributed by atoms with Crippen LogP contribution >= 0.6 is 11.8 Å².